The van der Waals surface area contributed by atoms with Crippen LogP contribution in [0.5, 0.6) is 0 Å². The molecular weight excluding hydrogens is 366 g/mol. The SMILES string of the molecule is CCCc1nc(SC(C)C(=O)Nc2sc3c(c2C#N)CCCCC3)n[nH]1. The van der Waals surface area contributed by atoms with Crippen molar-refractivity contribution in [3.63, 3.8) is 0 Å². The third kappa shape index (κ3) is 4.27. The van der Waals surface area contributed by atoms with Gasteiger partial charge in [-0.15, -0.1) is 16.4 Å². The van der Waals surface area contributed by atoms with Crippen molar-refractivity contribution in [2.24, 2.45) is 0 Å². The Balaban J connectivity index is 1.68. The number of fused-ring (bicyclic) bond motifs is 1. The third-order valence-electron chi connectivity index (χ3n) is 4.42. The molecule has 1 aliphatic rings. The first-order valence-electron chi connectivity index (χ1n) is 9.05. The predicted octanol–water partition coefficient (Wildman–Crippen LogP) is 4.08. The van der Waals surface area contributed by atoms with Gasteiger partial charge in [-0.3, -0.25) is 9.89 Å². The second-order valence-corrected chi connectivity index (χ2v) is 8.86. The molecular formula is C18H23N5OS2. The molecule has 2 aromatic rings. The van der Waals surface area contributed by atoms with Crippen molar-refractivity contribution >= 4 is 34.0 Å². The lowest BCUT2D eigenvalue weighted by Crippen LogP contribution is -2.22. The van der Waals surface area contributed by atoms with Gasteiger partial charge < -0.3 is 5.32 Å². The number of rotatable bonds is 6. The number of carbonyl (C=O) groups excluding carboxylic acids is 1. The van der Waals surface area contributed by atoms with Crippen LogP contribution in [0.2, 0.25) is 0 Å². The number of hydrogen-bond donors (Lipinski definition) is 2. The van der Waals surface area contributed by atoms with Gasteiger partial charge in [0.2, 0.25) is 11.1 Å². The first-order valence-corrected chi connectivity index (χ1v) is 10.8. The molecule has 0 saturated heterocycles. The average molecular weight is 390 g/mol. The molecule has 1 aliphatic carbocycles. The van der Waals surface area contributed by atoms with Crippen LogP contribution in [0.1, 0.15) is 61.4 Å². The number of amides is 1. The van der Waals surface area contributed by atoms with Crippen molar-refractivity contribution in [3.05, 3.63) is 21.8 Å². The molecule has 0 saturated carbocycles. The fourth-order valence-corrected chi connectivity index (χ4v) is 5.04. The number of hydrogen-bond acceptors (Lipinski definition) is 6. The van der Waals surface area contributed by atoms with E-state index < -0.39 is 0 Å². The smallest absolute Gasteiger partial charge is 0.238 e. The van der Waals surface area contributed by atoms with Crippen LogP contribution < -0.4 is 5.32 Å². The van der Waals surface area contributed by atoms with Gasteiger partial charge in [-0.25, -0.2) is 4.98 Å². The van der Waals surface area contributed by atoms with Crippen LogP contribution in [0.25, 0.3) is 0 Å². The molecule has 1 atom stereocenters. The highest BCUT2D eigenvalue weighted by atomic mass is 32.2. The number of aromatic amines is 1. The summed E-state index contributed by atoms with van der Waals surface area (Å²) in [5.41, 5.74) is 1.80. The molecule has 6 nitrogen and oxygen atoms in total. The van der Waals surface area contributed by atoms with Crippen LogP contribution in [-0.2, 0) is 24.1 Å². The van der Waals surface area contributed by atoms with E-state index in [4.69, 9.17) is 0 Å². The van der Waals surface area contributed by atoms with E-state index in [9.17, 15) is 10.1 Å². The lowest BCUT2D eigenvalue weighted by molar-refractivity contribution is -0.115. The number of thioether (sulfide) groups is 1. The average Bonchev–Trinajstić information content (AvgIpc) is 3.11. The van der Waals surface area contributed by atoms with Crippen LogP contribution in [0, 0.1) is 11.3 Å². The fraction of sp³-hybridized carbons (Fsp3) is 0.556. The summed E-state index contributed by atoms with van der Waals surface area (Å²) in [5.74, 6) is 0.723. The topological polar surface area (TPSA) is 94.5 Å². The van der Waals surface area contributed by atoms with Crippen LogP contribution >= 0.6 is 23.1 Å². The zero-order valence-corrected chi connectivity index (χ0v) is 16.7. The molecule has 1 unspecified atom stereocenters. The minimum atomic E-state index is -0.339. The maximum Gasteiger partial charge on any atom is 0.238 e. The molecule has 0 fully saturated rings. The largest absolute Gasteiger partial charge is 0.316 e. The van der Waals surface area contributed by atoms with Crippen molar-refractivity contribution in [3.8, 4) is 6.07 Å². The summed E-state index contributed by atoms with van der Waals surface area (Å²) in [6, 6.07) is 2.30. The van der Waals surface area contributed by atoms with Crippen molar-refractivity contribution in [1.82, 2.24) is 15.2 Å². The fourth-order valence-electron chi connectivity index (χ4n) is 3.05. The van der Waals surface area contributed by atoms with Crippen LogP contribution in [0.4, 0.5) is 5.00 Å². The van der Waals surface area contributed by atoms with Crippen molar-refractivity contribution in [2.45, 2.75) is 69.2 Å². The molecule has 2 N–H and O–H groups in total. The Morgan fingerprint density at radius 3 is 3.00 bits per heavy atom. The summed E-state index contributed by atoms with van der Waals surface area (Å²) in [7, 11) is 0. The number of H-pyrrole nitrogens is 1. The van der Waals surface area contributed by atoms with Gasteiger partial charge in [-0.1, -0.05) is 25.1 Å². The summed E-state index contributed by atoms with van der Waals surface area (Å²) >= 11 is 2.89. The van der Waals surface area contributed by atoms with E-state index in [-0.39, 0.29) is 11.2 Å². The zero-order valence-electron chi connectivity index (χ0n) is 15.1. The summed E-state index contributed by atoms with van der Waals surface area (Å²) < 4.78 is 0. The summed E-state index contributed by atoms with van der Waals surface area (Å²) in [6.07, 6.45) is 7.26. The van der Waals surface area contributed by atoms with Crippen molar-refractivity contribution in [2.75, 3.05) is 5.32 Å². The Kier molecular flexibility index (Phi) is 6.33. The minimum absolute atomic E-state index is 0.121. The Hall–Kier alpha value is -1.85. The highest BCUT2D eigenvalue weighted by Crippen LogP contribution is 2.37. The van der Waals surface area contributed by atoms with Crippen LogP contribution in [-0.4, -0.2) is 26.3 Å². The highest BCUT2D eigenvalue weighted by molar-refractivity contribution is 8.00. The quantitative estimate of drug-likeness (QED) is 0.573. The van der Waals surface area contributed by atoms with E-state index in [0.29, 0.717) is 15.7 Å². The normalized spacial score (nSPS) is 15.0. The zero-order chi connectivity index (χ0) is 18.5. The Morgan fingerprint density at radius 2 is 2.23 bits per heavy atom. The predicted molar refractivity (Wildman–Crippen MR) is 105 cm³/mol. The van der Waals surface area contributed by atoms with Gasteiger partial charge in [-0.05, 0) is 44.6 Å². The van der Waals surface area contributed by atoms with Gasteiger partial charge in [0.1, 0.15) is 16.9 Å². The molecule has 0 aromatic carbocycles. The van der Waals surface area contributed by atoms with E-state index in [2.05, 4.69) is 33.5 Å². The maximum absolute atomic E-state index is 12.6. The monoisotopic (exact) mass is 389 g/mol. The molecule has 3 rings (SSSR count). The van der Waals surface area contributed by atoms with E-state index in [1.807, 2.05) is 6.92 Å². The van der Waals surface area contributed by atoms with E-state index >= 15 is 0 Å². The van der Waals surface area contributed by atoms with Gasteiger partial charge in [0.05, 0.1) is 10.8 Å². The first-order chi connectivity index (χ1) is 12.6. The number of nitriles is 1. The lowest BCUT2D eigenvalue weighted by atomic mass is 10.1. The van der Waals surface area contributed by atoms with Gasteiger partial charge in [0.25, 0.3) is 0 Å². The van der Waals surface area contributed by atoms with Crippen molar-refractivity contribution < 1.29 is 4.79 Å². The Bertz CT molecular complexity index is 820. The Morgan fingerprint density at radius 1 is 1.42 bits per heavy atom. The van der Waals surface area contributed by atoms with Crippen LogP contribution in [0.15, 0.2) is 5.16 Å². The van der Waals surface area contributed by atoms with Crippen LogP contribution in [0.3, 0.4) is 0 Å². The molecule has 2 heterocycles. The number of aromatic nitrogens is 3. The molecule has 0 bridgehead atoms. The number of aryl methyl sites for hydroxylation is 2. The van der Waals surface area contributed by atoms with E-state index in [0.717, 1.165) is 49.9 Å². The summed E-state index contributed by atoms with van der Waals surface area (Å²) in [6.45, 7) is 3.92. The van der Waals surface area contributed by atoms with Gasteiger partial charge in [0, 0.05) is 11.3 Å². The Labute approximate surface area is 161 Å². The number of thiophene rings is 1. The minimum Gasteiger partial charge on any atom is -0.316 e. The summed E-state index contributed by atoms with van der Waals surface area (Å²) in [4.78, 5) is 18.2. The van der Waals surface area contributed by atoms with Crippen molar-refractivity contribution in [1.29, 1.82) is 5.26 Å². The number of nitrogens with one attached hydrogen (secondary N) is 2. The molecule has 0 radical (unpaired) electrons. The summed E-state index contributed by atoms with van der Waals surface area (Å²) in [5, 5.41) is 20.5. The molecule has 0 spiro atoms. The van der Waals surface area contributed by atoms with Gasteiger partial charge in [-0.2, -0.15) is 5.26 Å². The first kappa shape index (κ1) is 18.9. The number of nitrogens with zero attached hydrogens (tertiary/aromatic N) is 3. The standard InChI is InChI=1S/C18H23N5OS2/c1-3-7-15-20-18(23-22-15)25-11(2)16(24)21-17-13(10-19)12-8-5-4-6-9-14(12)26-17/h11H,3-9H2,1-2H3,(H,21,24)(H,20,22,23). The third-order valence-corrected chi connectivity index (χ3v) is 6.59. The number of carbonyl (C=O) groups is 1. The number of anilines is 1. The van der Waals surface area contributed by atoms with Gasteiger partial charge in [0.15, 0.2) is 0 Å². The second-order valence-electron chi connectivity index (χ2n) is 6.44. The second kappa shape index (κ2) is 8.69. The molecule has 8 heteroatoms. The van der Waals surface area contributed by atoms with Gasteiger partial charge >= 0.3 is 0 Å². The lowest BCUT2D eigenvalue weighted by Gasteiger charge is -2.09. The molecule has 26 heavy (non-hydrogen) atoms. The van der Waals surface area contributed by atoms with E-state index in [1.165, 1.54) is 23.1 Å². The molecule has 138 valence electrons. The maximum atomic E-state index is 12.6. The molecule has 1 amide bonds. The molecule has 2 aromatic heterocycles. The molecule has 0 aliphatic heterocycles. The highest BCUT2D eigenvalue weighted by Gasteiger charge is 2.23. The van der Waals surface area contributed by atoms with E-state index in [1.54, 1.807) is 11.3 Å².